The molecule has 1 aromatic rings. The Morgan fingerprint density at radius 2 is 1.67 bits per heavy atom. The van der Waals surface area contributed by atoms with Crippen LogP contribution in [0.3, 0.4) is 0 Å². The van der Waals surface area contributed by atoms with Crippen LogP contribution in [0.1, 0.15) is 26.3 Å². The molecule has 0 bridgehead atoms. The highest BCUT2D eigenvalue weighted by Gasteiger charge is 2.40. The third-order valence-electron chi connectivity index (χ3n) is 3.81. The number of rotatable bonds is 1. The van der Waals surface area contributed by atoms with E-state index < -0.39 is 13.8 Å². The predicted octanol–water partition coefficient (Wildman–Crippen LogP) is 4.21. The maximum atomic E-state index is 10.3. The molecule has 18 heavy (non-hydrogen) atoms. The van der Waals surface area contributed by atoms with Crippen LogP contribution in [0, 0.1) is 11.8 Å². The van der Waals surface area contributed by atoms with Gasteiger partial charge in [-0.2, -0.15) is 0 Å². The van der Waals surface area contributed by atoms with Crippen molar-refractivity contribution in [1.29, 1.82) is 0 Å². The summed E-state index contributed by atoms with van der Waals surface area (Å²) in [5.41, 5.74) is 0.442. The monoisotopic (exact) mass is 324 g/mol. The first-order valence-corrected chi connectivity index (χ1v) is 9.97. The third-order valence-corrected chi connectivity index (χ3v) is 9.72. The molecule has 98 valence electrons. The van der Waals surface area contributed by atoms with Gasteiger partial charge in [0.1, 0.15) is 13.8 Å². The SMILES string of the molecule is CC(C)(C)[Si](C)(C)C(O)C#Cc1ccc(Br)cc1. The predicted molar refractivity (Wildman–Crippen MR) is 84.2 cm³/mol. The van der Waals surface area contributed by atoms with Crippen LogP contribution in [0.4, 0.5) is 0 Å². The van der Waals surface area contributed by atoms with Crippen LogP contribution in [0.2, 0.25) is 18.1 Å². The highest BCUT2D eigenvalue weighted by molar-refractivity contribution is 9.10. The fraction of sp³-hybridized carbons (Fsp3) is 0.467. The van der Waals surface area contributed by atoms with Crippen molar-refractivity contribution < 1.29 is 5.11 Å². The number of halogens is 1. The highest BCUT2D eigenvalue weighted by atomic mass is 79.9. The Kier molecular flexibility index (Phi) is 4.82. The summed E-state index contributed by atoms with van der Waals surface area (Å²) < 4.78 is 1.04. The second kappa shape index (κ2) is 5.60. The summed E-state index contributed by atoms with van der Waals surface area (Å²) in [6.45, 7) is 10.9. The van der Waals surface area contributed by atoms with Crippen LogP contribution in [0.25, 0.3) is 0 Å². The first kappa shape index (κ1) is 15.5. The largest absolute Gasteiger partial charge is 0.384 e. The zero-order valence-corrected chi connectivity index (χ0v) is 14.3. The van der Waals surface area contributed by atoms with Gasteiger partial charge in [-0.15, -0.1) is 0 Å². The van der Waals surface area contributed by atoms with E-state index in [0.717, 1.165) is 10.0 Å². The standard InChI is InChI=1S/C15H21BrOSi/c1-15(2,3)18(4,5)14(17)11-8-12-6-9-13(16)10-7-12/h6-7,9-10,14,17H,1-5H3. The van der Waals surface area contributed by atoms with E-state index in [1.165, 1.54) is 0 Å². The molecule has 0 radical (unpaired) electrons. The smallest absolute Gasteiger partial charge is 0.103 e. The molecule has 0 aliphatic heterocycles. The molecule has 0 saturated heterocycles. The van der Waals surface area contributed by atoms with Crippen molar-refractivity contribution in [3.8, 4) is 11.8 Å². The van der Waals surface area contributed by atoms with Gasteiger partial charge in [0.25, 0.3) is 0 Å². The van der Waals surface area contributed by atoms with Gasteiger partial charge >= 0.3 is 0 Å². The second-order valence-electron chi connectivity index (χ2n) is 6.15. The van der Waals surface area contributed by atoms with Gasteiger partial charge in [0.2, 0.25) is 0 Å². The van der Waals surface area contributed by atoms with Crippen molar-refractivity contribution in [2.45, 2.75) is 44.6 Å². The summed E-state index contributed by atoms with van der Waals surface area (Å²) in [7, 11) is -1.80. The van der Waals surface area contributed by atoms with Gasteiger partial charge in [-0.25, -0.2) is 0 Å². The fourth-order valence-corrected chi connectivity index (χ4v) is 2.79. The summed E-state index contributed by atoms with van der Waals surface area (Å²) in [6, 6.07) is 7.83. The summed E-state index contributed by atoms with van der Waals surface area (Å²) in [5.74, 6) is 6.08. The third kappa shape index (κ3) is 3.71. The average molecular weight is 325 g/mol. The Hall–Kier alpha value is -0.563. The molecule has 0 aliphatic carbocycles. The molecule has 1 atom stereocenters. The van der Waals surface area contributed by atoms with E-state index in [9.17, 15) is 5.11 Å². The van der Waals surface area contributed by atoms with E-state index in [2.05, 4.69) is 61.6 Å². The molecular weight excluding hydrogens is 304 g/mol. The molecule has 0 fully saturated rings. The van der Waals surface area contributed by atoms with Crippen molar-refractivity contribution in [2.75, 3.05) is 0 Å². The summed E-state index contributed by atoms with van der Waals surface area (Å²) in [6.07, 6.45) is 0. The van der Waals surface area contributed by atoms with E-state index in [0.29, 0.717) is 0 Å². The molecule has 0 aliphatic rings. The molecule has 1 N–H and O–H groups in total. The first-order valence-electron chi connectivity index (χ1n) is 6.10. The molecule has 1 nitrogen and oxygen atoms in total. The molecule has 0 aromatic heterocycles. The molecule has 3 heteroatoms. The van der Waals surface area contributed by atoms with Crippen LogP contribution < -0.4 is 0 Å². The first-order chi connectivity index (χ1) is 8.14. The minimum atomic E-state index is -1.80. The number of aliphatic hydroxyl groups is 1. The quantitative estimate of drug-likeness (QED) is 0.606. The minimum absolute atomic E-state index is 0.140. The van der Waals surface area contributed by atoms with E-state index in [-0.39, 0.29) is 5.04 Å². The Morgan fingerprint density at radius 1 is 1.17 bits per heavy atom. The van der Waals surface area contributed by atoms with Crippen LogP contribution in [-0.2, 0) is 0 Å². The molecule has 1 unspecified atom stereocenters. The van der Waals surface area contributed by atoms with Gasteiger partial charge in [0.05, 0.1) is 0 Å². The van der Waals surface area contributed by atoms with Gasteiger partial charge in [-0.1, -0.05) is 61.6 Å². The number of aliphatic hydroxyl groups excluding tert-OH is 1. The normalized spacial score (nSPS) is 13.7. The van der Waals surface area contributed by atoms with Gasteiger partial charge in [-0.05, 0) is 29.3 Å². The lowest BCUT2D eigenvalue weighted by Crippen LogP contribution is -2.48. The maximum Gasteiger partial charge on any atom is 0.103 e. The van der Waals surface area contributed by atoms with Crippen LogP contribution in [0.15, 0.2) is 28.7 Å². The van der Waals surface area contributed by atoms with E-state index in [4.69, 9.17) is 0 Å². The Morgan fingerprint density at radius 3 is 2.11 bits per heavy atom. The molecule has 0 amide bonds. The Balaban J connectivity index is 2.89. The van der Waals surface area contributed by atoms with Crippen molar-refractivity contribution in [2.24, 2.45) is 0 Å². The van der Waals surface area contributed by atoms with Crippen molar-refractivity contribution in [3.63, 3.8) is 0 Å². The van der Waals surface area contributed by atoms with Crippen LogP contribution >= 0.6 is 15.9 Å². The summed E-state index contributed by atoms with van der Waals surface area (Å²) >= 11 is 3.39. The Bertz CT molecular complexity index is 460. The minimum Gasteiger partial charge on any atom is -0.384 e. The zero-order valence-electron chi connectivity index (χ0n) is 11.7. The van der Waals surface area contributed by atoms with Crippen molar-refractivity contribution in [1.82, 2.24) is 0 Å². The topological polar surface area (TPSA) is 20.2 Å². The average Bonchev–Trinajstić information content (AvgIpc) is 2.26. The zero-order chi connectivity index (χ0) is 14.0. The van der Waals surface area contributed by atoms with Gasteiger partial charge in [0.15, 0.2) is 0 Å². The number of benzene rings is 1. The van der Waals surface area contributed by atoms with Crippen molar-refractivity contribution >= 4 is 24.0 Å². The molecule has 1 rings (SSSR count). The molecular formula is C15H21BrOSi. The van der Waals surface area contributed by atoms with Gasteiger partial charge < -0.3 is 5.11 Å². The lowest BCUT2D eigenvalue weighted by atomic mass is 10.2. The lowest BCUT2D eigenvalue weighted by molar-refractivity contribution is 0.292. The number of hydrogen-bond donors (Lipinski definition) is 1. The second-order valence-corrected chi connectivity index (χ2v) is 12.6. The summed E-state index contributed by atoms with van der Waals surface area (Å²) in [4.78, 5) is 0. The molecule has 0 spiro atoms. The lowest BCUT2D eigenvalue weighted by Gasteiger charge is -2.38. The molecule has 1 aromatic carbocycles. The summed E-state index contributed by atoms with van der Waals surface area (Å²) in [5, 5.41) is 10.4. The maximum absolute atomic E-state index is 10.3. The van der Waals surface area contributed by atoms with Gasteiger partial charge in [-0.3, -0.25) is 0 Å². The Labute approximate surface area is 120 Å². The highest BCUT2D eigenvalue weighted by Crippen LogP contribution is 2.37. The fourth-order valence-electron chi connectivity index (χ4n) is 1.28. The van der Waals surface area contributed by atoms with Gasteiger partial charge in [0, 0.05) is 10.0 Å². The molecule has 0 heterocycles. The number of hydrogen-bond acceptors (Lipinski definition) is 1. The van der Waals surface area contributed by atoms with Crippen LogP contribution in [-0.4, -0.2) is 18.9 Å². The van der Waals surface area contributed by atoms with Crippen LogP contribution in [0.5, 0.6) is 0 Å². The van der Waals surface area contributed by atoms with E-state index >= 15 is 0 Å². The van der Waals surface area contributed by atoms with E-state index in [1.807, 2.05) is 24.3 Å². The van der Waals surface area contributed by atoms with Crippen molar-refractivity contribution in [3.05, 3.63) is 34.3 Å². The molecule has 0 saturated carbocycles. The van der Waals surface area contributed by atoms with E-state index in [1.54, 1.807) is 0 Å².